The topological polar surface area (TPSA) is 125 Å². The van der Waals surface area contributed by atoms with E-state index in [-0.39, 0.29) is 23.5 Å². The van der Waals surface area contributed by atoms with Crippen molar-refractivity contribution in [1.82, 2.24) is 10.0 Å². The largest absolute Gasteiger partial charge is 0.352 e. The zero-order valence-electron chi connectivity index (χ0n) is 9.38. The number of hydrogen-bond acceptors (Lipinski definition) is 4. The van der Waals surface area contributed by atoms with Gasteiger partial charge in [0.25, 0.3) is 0 Å². The lowest BCUT2D eigenvalue weighted by Crippen LogP contribution is -2.37. The number of amides is 2. The molecule has 0 saturated heterocycles. The Hall–Kier alpha value is -2.11. The van der Waals surface area contributed by atoms with Crippen LogP contribution < -0.4 is 15.8 Å². The van der Waals surface area contributed by atoms with Crippen molar-refractivity contribution >= 4 is 16.1 Å². The van der Waals surface area contributed by atoms with Gasteiger partial charge in [0.15, 0.2) is 0 Å². The lowest BCUT2D eigenvalue weighted by atomic mass is 10.2. The molecule has 0 aliphatic carbocycles. The molecule has 0 heterocycles. The minimum absolute atomic E-state index is 0.00889. The summed E-state index contributed by atoms with van der Waals surface area (Å²) >= 11 is 0. The predicted octanol–water partition coefficient (Wildman–Crippen LogP) is -0.495. The lowest BCUT2D eigenvalue weighted by Gasteiger charge is -2.07. The summed E-state index contributed by atoms with van der Waals surface area (Å²) in [5.41, 5.74) is 4.89. The lowest BCUT2D eigenvalue weighted by molar-refractivity contribution is 0.249. The van der Waals surface area contributed by atoms with Gasteiger partial charge in [-0.25, -0.2) is 17.9 Å². The number of carbonyl (C=O) groups is 1. The molecule has 0 radical (unpaired) electrons. The molecule has 4 N–H and O–H groups in total. The normalized spacial score (nSPS) is 10.6. The number of benzene rings is 1. The van der Waals surface area contributed by atoms with Crippen molar-refractivity contribution in [2.45, 2.75) is 4.90 Å². The number of nitrogens with zero attached hydrogens (tertiary/aromatic N) is 1. The molecule has 1 rings (SSSR count). The molecule has 0 bridgehead atoms. The molecule has 0 saturated carbocycles. The van der Waals surface area contributed by atoms with Crippen molar-refractivity contribution in [3.8, 4) is 6.07 Å². The van der Waals surface area contributed by atoms with Gasteiger partial charge in [0.2, 0.25) is 10.0 Å². The van der Waals surface area contributed by atoms with Crippen LogP contribution in [0.5, 0.6) is 0 Å². The SMILES string of the molecule is N#Cc1ccccc1S(=O)(=O)NCCNC(N)=O. The molecule has 0 atom stereocenters. The van der Waals surface area contributed by atoms with E-state index in [1.165, 1.54) is 18.2 Å². The van der Waals surface area contributed by atoms with Crippen LogP contribution in [-0.2, 0) is 10.0 Å². The second kappa shape index (κ2) is 6.00. The molecule has 0 unspecified atom stereocenters. The number of nitriles is 1. The van der Waals surface area contributed by atoms with Crippen LogP contribution >= 0.6 is 0 Å². The molecule has 18 heavy (non-hydrogen) atoms. The van der Waals surface area contributed by atoms with E-state index in [9.17, 15) is 13.2 Å². The highest BCUT2D eigenvalue weighted by Crippen LogP contribution is 2.13. The summed E-state index contributed by atoms with van der Waals surface area (Å²) in [7, 11) is -3.77. The second-order valence-corrected chi connectivity index (χ2v) is 5.03. The Morgan fingerprint density at radius 1 is 1.33 bits per heavy atom. The first-order valence-electron chi connectivity index (χ1n) is 4.99. The van der Waals surface area contributed by atoms with Gasteiger partial charge in [-0.3, -0.25) is 0 Å². The van der Waals surface area contributed by atoms with E-state index in [2.05, 4.69) is 10.0 Å². The number of nitrogens with one attached hydrogen (secondary N) is 2. The molecule has 7 nitrogen and oxygen atoms in total. The maximum atomic E-state index is 11.9. The molecule has 2 amide bonds. The van der Waals surface area contributed by atoms with Crippen LogP contribution in [0.4, 0.5) is 4.79 Å². The average molecular weight is 268 g/mol. The fraction of sp³-hybridized carbons (Fsp3) is 0.200. The van der Waals surface area contributed by atoms with Crippen molar-refractivity contribution in [1.29, 1.82) is 5.26 Å². The van der Waals surface area contributed by atoms with Crippen LogP contribution in [0.2, 0.25) is 0 Å². The van der Waals surface area contributed by atoms with Gasteiger partial charge >= 0.3 is 6.03 Å². The van der Waals surface area contributed by atoms with Gasteiger partial charge in [-0.05, 0) is 12.1 Å². The van der Waals surface area contributed by atoms with Crippen LogP contribution in [0.15, 0.2) is 29.2 Å². The van der Waals surface area contributed by atoms with Crippen molar-refractivity contribution < 1.29 is 13.2 Å². The smallest absolute Gasteiger partial charge is 0.312 e. The van der Waals surface area contributed by atoms with Crippen molar-refractivity contribution in [2.24, 2.45) is 5.73 Å². The average Bonchev–Trinajstić information content (AvgIpc) is 2.34. The molecule has 8 heteroatoms. The van der Waals surface area contributed by atoms with Gasteiger partial charge in [-0.15, -0.1) is 0 Å². The number of hydrogen-bond donors (Lipinski definition) is 3. The van der Waals surface area contributed by atoms with Gasteiger partial charge in [0, 0.05) is 13.1 Å². The molecule has 0 spiro atoms. The monoisotopic (exact) mass is 268 g/mol. The third-order valence-electron chi connectivity index (χ3n) is 2.01. The summed E-state index contributed by atoms with van der Waals surface area (Å²) in [6.07, 6.45) is 0. The maximum Gasteiger partial charge on any atom is 0.312 e. The summed E-state index contributed by atoms with van der Waals surface area (Å²) in [4.78, 5) is 10.3. The number of nitrogens with two attached hydrogens (primary N) is 1. The summed E-state index contributed by atoms with van der Waals surface area (Å²) in [5.74, 6) is 0. The van der Waals surface area contributed by atoms with E-state index in [0.717, 1.165) is 0 Å². The third kappa shape index (κ3) is 3.73. The van der Waals surface area contributed by atoms with Crippen molar-refractivity contribution in [3.63, 3.8) is 0 Å². The van der Waals surface area contributed by atoms with Gasteiger partial charge in [-0.2, -0.15) is 5.26 Å². The fourth-order valence-corrected chi connectivity index (χ4v) is 2.43. The van der Waals surface area contributed by atoms with E-state index in [0.29, 0.717) is 0 Å². The Labute approximate surface area is 105 Å². The number of sulfonamides is 1. The maximum absolute atomic E-state index is 11.9. The highest BCUT2D eigenvalue weighted by Gasteiger charge is 2.17. The summed E-state index contributed by atoms with van der Waals surface area (Å²) < 4.78 is 26.0. The van der Waals surface area contributed by atoms with Crippen LogP contribution in [0, 0.1) is 11.3 Å². The molecule has 0 aliphatic rings. The molecule has 1 aromatic rings. The number of urea groups is 1. The second-order valence-electron chi connectivity index (χ2n) is 3.30. The Kier molecular flexibility index (Phi) is 4.65. The zero-order chi connectivity index (χ0) is 13.6. The standard InChI is InChI=1S/C10H12N4O3S/c11-7-8-3-1-2-4-9(8)18(16,17)14-6-5-13-10(12)15/h1-4,14H,5-6H2,(H3,12,13,15). The van der Waals surface area contributed by atoms with E-state index < -0.39 is 16.1 Å². The number of carbonyl (C=O) groups excluding carboxylic acids is 1. The first kappa shape index (κ1) is 14.0. The van der Waals surface area contributed by atoms with Crippen molar-refractivity contribution in [2.75, 3.05) is 13.1 Å². The first-order valence-corrected chi connectivity index (χ1v) is 6.48. The number of rotatable bonds is 5. The molecular formula is C10H12N4O3S. The molecule has 96 valence electrons. The van der Waals surface area contributed by atoms with Crippen LogP contribution in [-0.4, -0.2) is 27.5 Å². The molecule has 0 aromatic heterocycles. The van der Waals surface area contributed by atoms with Crippen LogP contribution in [0.1, 0.15) is 5.56 Å². The minimum atomic E-state index is -3.77. The Morgan fingerprint density at radius 3 is 2.61 bits per heavy atom. The minimum Gasteiger partial charge on any atom is -0.352 e. The molecule has 1 aromatic carbocycles. The quantitative estimate of drug-likeness (QED) is 0.623. The Bertz CT molecular complexity index is 577. The summed E-state index contributed by atoms with van der Waals surface area (Å²) in [6.45, 7) is 0.0638. The summed E-state index contributed by atoms with van der Waals surface area (Å²) in [6, 6.07) is 6.92. The predicted molar refractivity (Wildman–Crippen MR) is 63.9 cm³/mol. The van der Waals surface area contributed by atoms with Crippen molar-refractivity contribution in [3.05, 3.63) is 29.8 Å². The molecule has 0 aliphatic heterocycles. The fourth-order valence-electron chi connectivity index (χ4n) is 1.24. The zero-order valence-corrected chi connectivity index (χ0v) is 10.2. The Balaban J connectivity index is 2.75. The van der Waals surface area contributed by atoms with Crippen LogP contribution in [0.3, 0.4) is 0 Å². The van der Waals surface area contributed by atoms with Gasteiger partial charge in [-0.1, -0.05) is 12.1 Å². The van der Waals surface area contributed by atoms with E-state index in [4.69, 9.17) is 11.0 Å². The Morgan fingerprint density at radius 2 is 2.00 bits per heavy atom. The summed E-state index contributed by atoms with van der Waals surface area (Å²) in [5, 5.41) is 11.1. The van der Waals surface area contributed by atoms with E-state index >= 15 is 0 Å². The van der Waals surface area contributed by atoms with Gasteiger partial charge in [0.1, 0.15) is 6.07 Å². The van der Waals surface area contributed by atoms with Crippen LogP contribution in [0.25, 0.3) is 0 Å². The van der Waals surface area contributed by atoms with Gasteiger partial charge in [0.05, 0.1) is 10.5 Å². The number of primary amides is 1. The molecular weight excluding hydrogens is 256 g/mol. The van der Waals surface area contributed by atoms with Gasteiger partial charge < -0.3 is 11.1 Å². The third-order valence-corrected chi connectivity index (χ3v) is 3.53. The van der Waals surface area contributed by atoms with E-state index in [1.807, 2.05) is 0 Å². The first-order chi connectivity index (χ1) is 8.47. The molecule has 0 fully saturated rings. The highest BCUT2D eigenvalue weighted by atomic mass is 32.2. The van der Waals surface area contributed by atoms with E-state index in [1.54, 1.807) is 12.1 Å². The highest BCUT2D eigenvalue weighted by molar-refractivity contribution is 7.89.